The van der Waals surface area contributed by atoms with Crippen molar-refractivity contribution < 1.29 is 4.79 Å². The number of piperidine rings is 1. The van der Waals surface area contributed by atoms with Crippen LogP contribution in [0.5, 0.6) is 0 Å². The van der Waals surface area contributed by atoms with Crippen molar-refractivity contribution >= 4 is 11.4 Å². The van der Waals surface area contributed by atoms with E-state index in [1.54, 1.807) is 24.5 Å². The van der Waals surface area contributed by atoms with E-state index in [-0.39, 0.29) is 11.5 Å². The number of H-pyrrole nitrogens is 1. The molecule has 2 atom stereocenters. The number of carbonyl (C=O) groups is 1. The molecule has 3 aromatic heterocycles. The molecule has 2 unspecified atom stereocenters. The van der Waals surface area contributed by atoms with E-state index in [1.807, 2.05) is 11.8 Å². The van der Waals surface area contributed by atoms with Crippen LogP contribution in [0.3, 0.4) is 0 Å². The van der Waals surface area contributed by atoms with Crippen LogP contribution in [-0.2, 0) is 0 Å². The van der Waals surface area contributed by atoms with Crippen molar-refractivity contribution in [3.8, 4) is 5.95 Å². The molecule has 2 aliphatic rings. The van der Waals surface area contributed by atoms with Crippen LogP contribution in [0.25, 0.3) is 11.5 Å². The van der Waals surface area contributed by atoms with Crippen molar-refractivity contribution in [3.05, 3.63) is 46.1 Å². The highest BCUT2D eigenvalue weighted by Gasteiger charge is 2.62. The predicted molar refractivity (Wildman–Crippen MR) is 94.3 cm³/mol. The molecule has 0 spiro atoms. The van der Waals surface area contributed by atoms with E-state index in [9.17, 15) is 9.59 Å². The molecule has 0 aromatic carbocycles. The van der Waals surface area contributed by atoms with E-state index in [0.717, 1.165) is 13.1 Å². The molecule has 1 saturated carbocycles. The lowest BCUT2D eigenvalue weighted by Crippen LogP contribution is -2.33. The van der Waals surface area contributed by atoms with Gasteiger partial charge in [-0.1, -0.05) is 13.8 Å². The van der Waals surface area contributed by atoms with Crippen LogP contribution in [0.4, 0.5) is 0 Å². The standard InChI is InChI=1S/C18H20N6O2/c1-10-11(16(26)22-8-12-13(9-22)18(12,2)3)7-19-24(10)17-20-15(25)14-5-4-6-23(14)21-17/h4-7,12-13H,8-9H2,1-3H3,(H,20,21,25). The molecule has 1 aliphatic carbocycles. The SMILES string of the molecule is Cc1c(C(=O)N2CC3C(C2)C3(C)C)cnn1-c1nn2cccc2c(=O)[nH]1. The Labute approximate surface area is 149 Å². The van der Waals surface area contributed by atoms with E-state index in [0.29, 0.717) is 40.0 Å². The summed E-state index contributed by atoms with van der Waals surface area (Å²) in [7, 11) is 0. The molecule has 4 heterocycles. The topological polar surface area (TPSA) is 88.3 Å². The van der Waals surface area contributed by atoms with Gasteiger partial charge in [0, 0.05) is 19.3 Å². The lowest BCUT2D eigenvalue weighted by Gasteiger charge is -2.21. The van der Waals surface area contributed by atoms with Crippen molar-refractivity contribution in [3.63, 3.8) is 0 Å². The quantitative estimate of drug-likeness (QED) is 0.752. The number of fused-ring (bicyclic) bond motifs is 2. The molecule has 0 bridgehead atoms. The van der Waals surface area contributed by atoms with Gasteiger partial charge in [-0.3, -0.25) is 14.6 Å². The van der Waals surface area contributed by atoms with Gasteiger partial charge in [0.2, 0.25) is 5.95 Å². The first kappa shape index (κ1) is 15.4. The fourth-order valence-electron chi connectivity index (χ4n) is 4.33. The number of aromatic nitrogens is 5. The number of nitrogens with one attached hydrogen (secondary N) is 1. The maximum atomic E-state index is 12.9. The van der Waals surface area contributed by atoms with E-state index in [1.165, 1.54) is 9.20 Å². The van der Waals surface area contributed by atoms with Gasteiger partial charge in [0.25, 0.3) is 11.5 Å². The number of rotatable bonds is 2. The Morgan fingerprint density at radius 2 is 2.04 bits per heavy atom. The van der Waals surface area contributed by atoms with Crippen molar-refractivity contribution in [1.29, 1.82) is 0 Å². The molecular formula is C18H20N6O2. The van der Waals surface area contributed by atoms with Gasteiger partial charge in [-0.2, -0.15) is 5.10 Å². The smallest absolute Gasteiger partial charge is 0.276 e. The summed E-state index contributed by atoms with van der Waals surface area (Å²) in [6.45, 7) is 7.98. The van der Waals surface area contributed by atoms with Crippen LogP contribution in [0.1, 0.15) is 29.9 Å². The molecule has 3 aromatic rings. The maximum Gasteiger partial charge on any atom is 0.276 e. The molecule has 1 saturated heterocycles. The van der Waals surface area contributed by atoms with Gasteiger partial charge in [-0.05, 0) is 36.3 Å². The summed E-state index contributed by atoms with van der Waals surface area (Å²) in [6, 6.07) is 3.45. The van der Waals surface area contributed by atoms with Crippen molar-refractivity contribution in [2.75, 3.05) is 13.1 Å². The fourth-order valence-corrected chi connectivity index (χ4v) is 4.33. The van der Waals surface area contributed by atoms with Crippen molar-refractivity contribution in [2.24, 2.45) is 17.3 Å². The van der Waals surface area contributed by atoms with Crippen molar-refractivity contribution in [2.45, 2.75) is 20.8 Å². The molecule has 26 heavy (non-hydrogen) atoms. The predicted octanol–water partition coefficient (Wildman–Crippen LogP) is 1.24. The van der Waals surface area contributed by atoms with Crippen LogP contribution in [0, 0.1) is 24.2 Å². The van der Waals surface area contributed by atoms with Crippen LogP contribution in [0.15, 0.2) is 29.3 Å². The van der Waals surface area contributed by atoms with Gasteiger partial charge in [-0.25, -0.2) is 9.20 Å². The maximum absolute atomic E-state index is 12.9. The second-order valence-electron chi connectivity index (χ2n) is 7.92. The highest BCUT2D eigenvalue weighted by molar-refractivity contribution is 5.95. The number of hydrogen-bond acceptors (Lipinski definition) is 4. The number of amides is 1. The first-order valence-electron chi connectivity index (χ1n) is 8.80. The molecule has 134 valence electrons. The molecule has 1 aliphatic heterocycles. The van der Waals surface area contributed by atoms with Gasteiger partial charge >= 0.3 is 0 Å². The Hall–Kier alpha value is -2.90. The molecule has 1 N–H and O–H groups in total. The Kier molecular flexibility index (Phi) is 2.86. The molecular weight excluding hydrogens is 332 g/mol. The van der Waals surface area contributed by atoms with Crippen LogP contribution >= 0.6 is 0 Å². The van der Waals surface area contributed by atoms with Gasteiger partial charge < -0.3 is 4.90 Å². The lowest BCUT2D eigenvalue weighted by molar-refractivity contribution is 0.0757. The highest BCUT2D eigenvalue weighted by atomic mass is 16.2. The van der Waals surface area contributed by atoms with Crippen LogP contribution < -0.4 is 5.56 Å². The normalized spacial score (nSPS) is 23.4. The number of hydrogen-bond donors (Lipinski definition) is 1. The number of nitrogens with zero attached hydrogens (tertiary/aromatic N) is 5. The average Bonchev–Trinajstić information content (AvgIpc) is 3.15. The molecule has 5 rings (SSSR count). The van der Waals surface area contributed by atoms with E-state index in [4.69, 9.17) is 0 Å². The fraction of sp³-hybridized carbons (Fsp3) is 0.444. The third-order valence-electron chi connectivity index (χ3n) is 6.24. The second-order valence-corrected chi connectivity index (χ2v) is 7.92. The number of likely N-dealkylation sites (tertiary alicyclic amines) is 1. The summed E-state index contributed by atoms with van der Waals surface area (Å²) in [5, 5.41) is 8.66. The van der Waals surface area contributed by atoms with Gasteiger partial charge in [0.1, 0.15) is 5.52 Å². The highest BCUT2D eigenvalue weighted by Crippen LogP contribution is 2.62. The minimum atomic E-state index is -0.246. The zero-order chi connectivity index (χ0) is 18.2. The average molecular weight is 352 g/mol. The number of aromatic amines is 1. The Morgan fingerprint density at radius 3 is 2.77 bits per heavy atom. The summed E-state index contributed by atoms with van der Waals surface area (Å²) in [4.78, 5) is 29.7. The van der Waals surface area contributed by atoms with Gasteiger partial charge in [0.15, 0.2) is 0 Å². The van der Waals surface area contributed by atoms with Gasteiger partial charge in [0.05, 0.1) is 17.5 Å². The van der Waals surface area contributed by atoms with Crippen LogP contribution in [0.2, 0.25) is 0 Å². The molecule has 0 radical (unpaired) electrons. The largest absolute Gasteiger partial charge is 0.338 e. The minimum Gasteiger partial charge on any atom is -0.338 e. The zero-order valence-corrected chi connectivity index (χ0v) is 14.9. The summed E-state index contributed by atoms with van der Waals surface area (Å²) in [5.41, 5.74) is 1.81. The Bertz CT molecular complexity index is 1090. The molecule has 8 nitrogen and oxygen atoms in total. The first-order chi connectivity index (χ1) is 12.4. The molecule has 8 heteroatoms. The van der Waals surface area contributed by atoms with Crippen LogP contribution in [-0.4, -0.2) is 48.3 Å². The van der Waals surface area contributed by atoms with E-state index >= 15 is 0 Å². The van der Waals surface area contributed by atoms with E-state index < -0.39 is 0 Å². The Balaban J connectivity index is 1.47. The van der Waals surface area contributed by atoms with Gasteiger partial charge in [-0.15, -0.1) is 5.10 Å². The first-order valence-corrected chi connectivity index (χ1v) is 8.80. The lowest BCUT2D eigenvalue weighted by atomic mass is 10.1. The van der Waals surface area contributed by atoms with Crippen molar-refractivity contribution in [1.82, 2.24) is 29.3 Å². The summed E-state index contributed by atoms with van der Waals surface area (Å²) in [5.74, 6) is 1.51. The third-order valence-corrected chi connectivity index (χ3v) is 6.24. The summed E-state index contributed by atoms with van der Waals surface area (Å²) in [6.07, 6.45) is 3.27. The molecule has 1 amide bonds. The monoisotopic (exact) mass is 352 g/mol. The zero-order valence-electron chi connectivity index (χ0n) is 14.9. The van der Waals surface area contributed by atoms with E-state index in [2.05, 4.69) is 29.0 Å². The second kappa shape index (κ2) is 4.84. The molecule has 2 fully saturated rings. The summed E-state index contributed by atoms with van der Waals surface area (Å²) >= 11 is 0. The number of carbonyl (C=O) groups excluding carboxylic acids is 1. The minimum absolute atomic E-state index is 0.00105. The summed E-state index contributed by atoms with van der Waals surface area (Å²) < 4.78 is 3.02. The Morgan fingerprint density at radius 1 is 1.31 bits per heavy atom. The third kappa shape index (κ3) is 1.95.